The normalized spacial score (nSPS) is 10.6. The summed E-state index contributed by atoms with van der Waals surface area (Å²) in [6, 6.07) is 16.4. The SMILES string of the molecule is COc1ccc(-c2nnc(NC(=O)CCN(CCc3ccc(OC)c(OC)c3)C(=O)c3ccc([N+](=O)[O-])cc3Cl)s2)cc1. The van der Waals surface area contributed by atoms with E-state index in [1.807, 2.05) is 24.3 Å². The van der Waals surface area contributed by atoms with Crippen molar-refractivity contribution in [3.05, 3.63) is 86.9 Å². The van der Waals surface area contributed by atoms with Gasteiger partial charge >= 0.3 is 0 Å². The number of non-ortho nitro benzene ring substituents is 1. The summed E-state index contributed by atoms with van der Waals surface area (Å²) in [4.78, 5) is 38.4. The number of nitrogens with one attached hydrogen (secondary N) is 1. The van der Waals surface area contributed by atoms with Crippen molar-refractivity contribution in [2.45, 2.75) is 12.8 Å². The maximum absolute atomic E-state index is 13.5. The molecule has 12 nitrogen and oxygen atoms in total. The van der Waals surface area contributed by atoms with Crippen molar-refractivity contribution >= 4 is 45.6 Å². The molecule has 4 aromatic rings. The van der Waals surface area contributed by atoms with E-state index < -0.39 is 10.8 Å². The van der Waals surface area contributed by atoms with E-state index in [-0.39, 0.29) is 41.7 Å². The van der Waals surface area contributed by atoms with Gasteiger partial charge in [0, 0.05) is 37.2 Å². The summed E-state index contributed by atoms with van der Waals surface area (Å²) < 4.78 is 15.8. The number of hydrogen-bond acceptors (Lipinski definition) is 10. The number of nitro groups is 1. The van der Waals surface area contributed by atoms with Crippen molar-refractivity contribution in [1.29, 1.82) is 0 Å². The minimum Gasteiger partial charge on any atom is -0.497 e. The molecule has 0 aliphatic rings. The van der Waals surface area contributed by atoms with E-state index in [0.29, 0.717) is 33.8 Å². The number of ether oxygens (including phenoxy) is 3. The molecule has 0 aliphatic carbocycles. The van der Waals surface area contributed by atoms with E-state index >= 15 is 0 Å². The summed E-state index contributed by atoms with van der Waals surface area (Å²) in [5.41, 5.74) is 1.55. The Morgan fingerprint density at radius 1 is 0.953 bits per heavy atom. The molecule has 4 rings (SSSR count). The number of nitro benzene ring substituents is 1. The Morgan fingerprint density at radius 2 is 1.70 bits per heavy atom. The van der Waals surface area contributed by atoms with Crippen molar-refractivity contribution in [1.82, 2.24) is 15.1 Å². The van der Waals surface area contributed by atoms with Crippen molar-refractivity contribution in [3.63, 3.8) is 0 Å². The van der Waals surface area contributed by atoms with Crippen LogP contribution in [-0.4, -0.2) is 66.3 Å². The lowest BCUT2D eigenvalue weighted by Gasteiger charge is -2.23. The summed E-state index contributed by atoms with van der Waals surface area (Å²) in [5.74, 6) is 0.992. The number of halogens is 1. The predicted octanol–water partition coefficient (Wildman–Crippen LogP) is 5.51. The van der Waals surface area contributed by atoms with Crippen LogP contribution in [0.15, 0.2) is 60.7 Å². The second-order valence-corrected chi connectivity index (χ2v) is 10.5. The molecule has 0 saturated heterocycles. The summed E-state index contributed by atoms with van der Waals surface area (Å²) in [6.07, 6.45) is 0.389. The first-order valence-electron chi connectivity index (χ1n) is 12.9. The zero-order chi connectivity index (χ0) is 30.9. The summed E-state index contributed by atoms with van der Waals surface area (Å²) >= 11 is 7.47. The standard InChI is InChI=1S/C29H28ClN5O7S/c1-40-21-8-5-19(6-9-21)27-32-33-29(43-27)31-26(36)13-15-34(14-12-18-4-11-24(41-2)25(16-18)42-3)28(37)22-10-7-20(35(38)39)17-23(22)30/h4-11,16-17H,12-15H2,1-3H3,(H,31,33,36). The van der Waals surface area contributed by atoms with E-state index in [4.69, 9.17) is 25.8 Å². The fraction of sp³-hybridized carbons (Fsp3) is 0.241. The Balaban J connectivity index is 1.46. The molecule has 0 unspecified atom stereocenters. The highest BCUT2D eigenvalue weighted by molar-refractivity contribution is 7.18. The highest BCUT2D eigenvalue weighted by atomic mass is 35.5. The number of anilines is 1. The van der Waals surface area contributed by atoms with Crippen LogP contribution in [0.4, 0.5) is 10.8 Å². The Hall–Kier alpha value is -4.75. The fourth-order valence-corrected chi connectivity index (χ4v) is 5.14. The van der Waals surface area contributed by atoms with Gasteiger partial charge in [-0.05, 0) is 54.4 Å². The Bertz CT molecular complexity index is 1610. The molecule has 14 heteroatoms. The molecule has 43 heavy (non-hydrogen) atoms. The lowest BCUT2D eigenvalue weighted by molar-refractivity contribution is -0.384. The van der Waals surface area contributed by atoms with Crippen molar-refractivity contribution in [2.24, 2.45) is 0 Å². The molecule has 0 radical (unpaired) electrons. The number of nitrogens with zero attached hydrogens (tertiary/aromatic N) is 4. The third kappa shape index (κ3) is 7.96. The van der Waals surface area contributed by atoms with E-state index in [1.54, 1.807) is 32.4 Å². The number of rotatable bonds is 13. The van der Waals surface area contributed by atoms with Crippen molar-refractivity contribution in [3.8, 4) is 27.8 Å². The molecule has 1 N–H and O–H groups in total. The topological polar surface area (TPSA) is 146 Å². The van der Waals surface area contributed by atoms with Gasteiger partial charge in [0.1, 0.15) is 10.8 Å². The fourth-order valence-electron chi connectivity index (χ4n) is 4.12. The molecule has 224 valence electrons. The van der Waals surface area contributed by atoms with Crippen LogP contribution in [0.25, 0.3) is 10.6 Å². The van der Waals surface area contributed by atoms with E-state index in [9.17, 15) is 19.7 Å². The third-order valence-corrected chi connectivity index (χ3v) is 7.62. The number of amides is 2. The number of methoxy groups -OCH3 is 3. The first-order chi connectivity index (χ1) is 20.7. The Labute approximate surface area is 256 Å². The predicted molar refractivity (Wildman–Crippen MR) is 162 cm³/mol. The average Bonchev–Trinajstić information content (AvgIpc) is 3.48. The highest BCUT2D eigenvalue weighted by Crippen LogP contribution is 2.29. The zero-order valence-electron chi connectivity index (χ0n) is 23.5. The van der Waals surface area contributed by atoms with Gasteiger partial charge in [-0.3, -0.25) is 19.7 Å². The first kappa shape index (κ1) is 31.2. The second kappa shape index (κ2) is 14.4. The van der Waals surface area contributed by atoms with Gasteiger partial charge in [-0.15, -0.1) is 10.2 Å². The van der Waals surface area contributed by atoms with Gasteiger partial charge in [0.05, 0.1) is 36.8 Å². The molecule has 0 bridgehead atoms. The number of aromatic nitrogens is 2. The smallest absolute Gasteiger partial charge is 0.270 e. The maximum atomic E-state index is 13.5. The minimum atomic E-state index is -0.590. The molecule has 1 aromatic heterocycles. The van der Waals surface area contributed by atoms with Crippen LogP contribution in [0.2, 0.25) is 5.02 Å². The molecular formula is C29H28ClN5O7S. The molecule has 1 heterocycles. The number of benzene rings is 3. The molecule has 0 spiro atoms. The number of hydrogen-bond donors (Lipinski definition) is 1. The van der Waals surface area contributed by atoms with Gasteiger partial charge in [-0.25, -0.2) is 0 Å². The molecule has 3 aromatic carbocycles. The van der Waals surface area contributed by atoms with Crippen molar-refractivity contribution < 1.29 is 28.7 Å². The van der Waals surface area contributed by atoms with Gasteiger partial charge in [0.25, 0.3) is 11.6 Å². The monoisotopic (exact) mass is 625 g/mol. The second-order valence-electron chi connectivity index (χ2n) is 9.09. The maximum Gasteiger partial charge on any atom is 0.270 e. The van der Waals surface area contributed by atoms with Crippen molar-refractivity contribution in [2.75, 3.05) is 39.7 Å². The van der Waals surface area contributed by atoms with E-state index in [0.717, 1.165) is 17.2 Å². The van der Waals surface area contributed by atoms with Crippen LogP contribution < -0.4 is 19.5 Å². The molecule has 2 amide bonds. The van der Waals surface area contributed by atoms with Crippen LogP contribution in [0.3, 0.4) is 0 Å². The number of carbonyl (C=O) groups excluding carboxylic acids is 2. The largest absolute Gasteiger partial charge is 0.497 e. The Kier molecular flexibility index (Phi) is 10.5. The minimum absolute atomic E-state index is 0.0419. The molecule has 0 atom stereocenters. The van der Waals surface area contributed by atoms with Crippen LogP contribution >= 0.6 is 22.9 Å². The average molecular weight is 626 g/mol. The van der Waals surface area contributed by atoms with Crippen LogP contribution in [0.1, 0.15) is 22.3 Å². The zero-order valence-corrected chi connectivity index (χ0v) is 25.1. The summed E-state index contributed by atoms with van der Waals surface area (Å²) in [7, 11) is 4.65. The molecule has 0 fully saturated rings. The van der Waals surface area contributed by atoms with Gasteiger partial charge in [0.15, 0.2) is 11.5 Å². The summed E-state index contributed by atoms with van der Waals surface area (Å²) in [6.45, 7) is 0.282. The number of carbonyl (C=O) groups is 2. The first-order valence-corrected chi connectivity index (χ1v) is 14.1. The third-order valence-electron chi connectivity index (χ3n) is 6.42. The quantitative estimate of drug-likeness (QED) is 0.150. The van der Waals surface area contributed by atoms with E-state index in [2.05, 4.69) is 15.5 Å². The van der Waals surface area contributed by atoms with Gasteiger partial charge in [0.2, 0.25) is 11.0 Å². The summed E-state index contributed by atoms with van der Waals surface area (Å²) in [5, 5.41) is 23.0. The molecule has 0 aliphatic heterocycles. The van der Waals surface area contributed by atoms with E-state index in [1.165, 1.54) is 35.5 Å². The lowest BCUT2D eigenvalue weighted by Crippen LogP contribution is -2.35. The lowest BCUT2D eigenvalue weighted by atomic mass is 10.1. The van der Waals surface area contributed by atoms with Crippen LogP contribution in [0.5, 0.6) is 17.2 Å². The Morgan fingerprint density at radius 3 is 2.35 bits per heavy atom. The molecule has 0 saturated carbocycles. The van der Waals surface area contributed by atoms with Crippen LogP contribution in [0, 0.1) is 10.1 Å². The van der Waals surface area contributed by atoms with Gasteiger partial charge in [-0.1, -0.05) is 29.0 Å². The van der Waals surface area contributed by atoms with Gasteiger partial charge in [-0.2, -0.15) is 0 Å². The van der Waals surface area contributed by atoms with Crippen LogP contribution in [-0.2, 0) is 11.2 Å². The molecular weight excluding hydrogens is 598 g/mol. The van der Waals surface area contributed by atoms with Gasteiger partial charge < -0.3 is 24.4 Å². The highest BCUT2D eigenvalue weighted by Gasteiger charge is 2.22.